The van der Waals surface area contributed by atoms with Gasteiger partial charge in [-0.05, 0) is 60.0 Å². The highest BCUT2D eigenvalue weighted by Crippen LogP contribution is 2.32. The van der Waals surface area contributed by atoms with Crippen LogP contribution in [0.5, 0.6) is 17.5 Å². The quantitative estimate of drug-likeness (QED) is 0.112. The summed E-state index contributed by atoms with van der Waals surface area (Å²) in [6.07, 6.45) is 0.729. The van der Waals surface area contributed by atoms with E-state index in [0.717, 1.165) is 6.07 Å². The van der Waals surface area contributed by atoms with E-state index in [0.29, 0.717) is 41.6 Å². The van der Waals surface area contributed by atoms with Crippen LogP contribution in [0.15, 0.2) is 97.6 Å². The van der Waals surface area contributed by atoms with Crippen molar-refractivity contribution in [3.8, 4) is 29.1 Å². The monoisotopic (exact) mass is 766 g/mol. The fraction of sp³-hybridized carbons (Fsp3) is 0.189. The van der Waals surface area contributed by atoms with E-state index in [9.17, 15) is 31.5 Å². The van der Waals surface area contributed by atoms with Gasteiger partial charge in [-0.15, -0.1) is 0 Å². The molecule has 6 aromatic rings. The molecule has 4 aromatic heterocycles. The summed E-state index contributed by atoms with van der Waals surface area (Å²) in [4.78, 5) is 30.3. The summed E-state index contributed by atoms with van der Waals surface area (Å²) < 4.78 is 84.8. The highest BCUT2D eigenvalue weighted by molar-refractivity contribution is 5.88. The Kier molecular flexibility index (Phi) is 12.4. The zero-order valence-corrected chi connectivity index (χ0v) is 28.9. The van der Waals surface area contributed by atoms with E-state index in [1.165, 1.54) is 82.7 Å². The van der Waals surface area contributed by atoms with Gasteiger partial charge >= 0.3 is 18.1 Å². The molecule has 0 aliphatic carbocycles. The third-order valence-electron chi connectivity index (χ3n) is 7.33. The fourth-order valence-electron chi connectivity index (χ4n) is 4.71. The van der Waals surface area contributed by atoms with Crippen LogP contribution >= 0.6 is 0 Å². The number of halogens is 5. The molecule has 2 N–H and O–H groups in total. The van der Waals surface area contributed by atoms with Crippen molar-refractivity contribution in [3.05, 3.63) is 137 Å². The van der Waals surface area contributed by atoms with Crippen LogP contribution in [0.1, 0.15) is 51.3 Å². The fourth-order valence-corrected chi connectivity index (χ4v) is 4.71. The summed E-state index contributed by atoms with van der Waals surface area (Å²) in [6, 6.07) is 15.3. The third kappa shape index (κ3) is 10.4. The van der Waals surface area contributed by atoms with Crippen molar-refractivity contribution >= 4 is 11.9 Å². The first-order valence-corrected chi connectivity index (χ1v) is 16.2. The second kappa shape index (κ2) is 17.3. The Morgan fingerprint density at radius 2 is 1.27 bits per heavy atom. The van der Waals surface area contributed by atoms with E-state index in [2.05, 4.69) is 20.2 Å². The highest BCUT2D eigenvalue weighted by Gasteiger charge is 2.34. The maximum atomic E-state index is 13.6. The molecule has 0 saturated carbocycles. The number of aromatic nitrogens is 6. The van der Waals surface area contributed by atoms with Crippen LogP contribution in [0.4, 0.5) is 22.0 Å². The number of pyridine rings is 2. The lowest BCUT2D eigenvalue weighted by Gasteiger charge is -2.14. The Morgan fingerprint density at radius 1 is 0.709 bits per heavy atom. The number of carboxylic acids is 2. The van der Waals surface area contributed by atoms with Crippen LogP contribution in [0, 0.1) is 17.6 Å². The van der Waals surface area contributed by atoms with Gasteiger partial charge in [-0.3, -0.25) is 0 Å². The molecule has 13 nitrogen and oxygen atoms in total. The second-order valence-corrected chi connectivity index (χ2v) is 11.9. The van der Waals surface area contributed by atoms with E-state index >= 15 is 0 Å². The van der Waals surface area contributed by atoms with Gasteiger partial charge < -0.3 is 24.4 Å². The lowest BCUT2D eigenvalue weighted by atomic mass is 10.1. The minimum Gasteiger partial charge on any atom is -0.493 e. The molecule has 0 atom stereocenters. The van der Waals surface area contributed by atoms with Gasteiger partial charge in [0.15, 0.2) is 11.6 Å². The molecule has 4 heterocycles. The maximum Gasteiger partial charge on any atom is 0.419 e. The number of nitrogens with zero attached hydrogens (tertiary/aromatic N) is 6. The Hall–Kier alpha value is -6.85. The molecule has 0 amide bonds. The number of alkyl halides is 3. The molecule has 55 heavy (non-hydrogen) atoms. The summed E-state index contributed by atoms with van der Waals surface area (Å²) in [5.74, 6) is -2.28. The summed E-state index contributed by atoms with van der Waals surface area (Å²) in [7, 11) is 0. The normalized spacial score (nSPS) is 11.1. The van der Waals surface area contributed by atoms with Gasteiger partial charge in [0.25, 0.3) is 0 Å². The molecule has 0 saturated heterocycles. The molecule has 2 aromatic carbocycles. The van der Waals surface area contributed by atoms with Gasteiger partial charge in [0.05, 0.1) is 35.7 Å². The number of carboxylic acid groups (broad SMARTS) is 2. The molecule has 286 valence electrons. The summed E-state index contributed by atoms with van der Waals surface area (Å²) >= 11 is 0. The number of carbonyl (C=O) groups is 2. The Labute approximate surface area is 309 Å². The summed E-state index contributed by atoms with van der Waals surface area (Å²) in [5, 5.41) is 26.3. The smallest absolute Gasteiger partial charge is 0.419 e. The molecule has 0 spiro atoms. The van der Waals surface area contributed by atoms with Gasteiger partial charge in [-0.1, -0.05) is 19.9 Å². The molecule has 0 unspecified atom stereocenters. The van der Waals surface area contributed by atoms with Crippen LogP contribution in [-0.2, 0) is 19.4 Å². The lowest BCUT2D eigenvalue weighted by molar-refractivity contribution is -0.140. The van der Waals surface area contributed by atoms with Gasteiger partial charge in [0, 0.05) is 36.2 Å². The van der Waals surface area contributed by atoms with E-state index < -0.39 is 29.5 Å². The van der Waals surface area contributed by atoms with Crippen molar-refractivity contribution in [1.82, 2.24) is 29.5 Å². The van der Waals surface area contributed by atoms with Crippen molar-refractivity contribution in [3.63, 3.8) is 0 Å². The number of rotatable bonds is 13. The number of ether oxygens (including phenoxy) is 3. The number of hydrogen-bond acceptors (Lipinski definition) is 9. The lowest BCUT2D eigenvalue weighted by Crippen LogP contribution is -2.10. The molecule has 0 aliphatic rings. The van der Waals surface area contributed by atoms with Crippen LogP contribution in [-0.4, -0.2) is 58.3 Å². The summed E-state index contributed by atoms with van der Waals surface area (Å²) in [6.45, 7) is 4.31. The van der Waals surface area contributed by atoms with Crippen molar-refractivity contribution in [2.45, 2.75) is 33.2 Å². The van der Waals surface area contributed by atoms with E-state index in [1.54, 1.807) is 12.1 Å². The van der Waals surface area contributed by atoms with Crippen LogP contribution in [0.2, 0.25) is 0 Å². The molecule has 0 aliphatic heterocycles. The van der Waals surface area contributed by atoms with Gasteiger partial charge in [0.2, 0.25) is 11.8 Å². The Balaban J connectivity index is 0.000000211. The van der Waals surface area contributed by atoms with Crippen molar-refractivity contribution in [1.29, 1.82) is 0 Å². The molecule has 0 fully saturated rings. The Morgan fingerprint density at radius 3 is 1.80 bits per heavy atom. The zero-order valence-electron chi connectivity index (χ0n) is 28.9. The Bertz CT molecular complexity index is 2280. The minimum atomic E-state index is -4.82. The van der Waals surface area contributed by atoms with Crippen LogP contribution < -0.4 is 14.2 Å². The predicted molar refractivity (Wildman–Crippen MR) is 183 cm³/mol. The van der Waals surface area contributed by atoms with Crippen molar-refractivity contribution < 1.29 is 56.0 Å². The number of benzene rings is 2. The standard InChI is InChI=1S/C20H20FN3O4.C17H11F4N3O3/c1-13(2)11-27-17-10-16(21)4-3-15(17)12-28-19-6-8-23-24(19)18-9-14(20(25)26)5-7-22-18;18-13-2-1-10(7-12(13)17(19,20)21)9-27-15-4-6-23-24(15)14-8-11(16(25)26)3-5-22-14/h3-10,13H,11-12H2,1-2H3,(H,25,26);1-8H,9H2,(H,25,26). The first-order valence-electron chi connectivity index (χ1n) is 16.2. The predicted octanol–water partition coefficient (Wildman–Crippen LogP) is 7.42. The van der Waals surface area contributed by atoms with Gasteiger partial charge in [-0.2, -0.15) is 32.7 Å². The number of hydrogen-bond donors (Lipinski definition) is 2. The van der Waals surface area contributed by atoms with Gasteiger partial charge in [0.1, 0.15) is 30.6 Å². The first-order chi connectivity index (χ1) is 26.2. The molecule has 0 bridgehead atoms. The molecule has 18 heteroatoms. The summed E-state index contributed by atoms with van der Waals surface area (Å²) in [5.41, 5.74) is -0.525. The molecular formula is C37H31F5N6O7. The maximum absolute atomic E-state index is 13.6. The average Bonchev–Trinajstić information content (AvgIpc) is 3.83. The van der Waals surface area contributed by atoms with Crippen molar-refractivity contribution in [2.75, 3.05) is 6.61 Å². The third-order valence-corrected chi connectivity index (χ3v) is 7.33. The molecular weight excluding hydrogens is 735 g/mol. The highest BCUT2D eigenvalue weighted by atomic mass is 19.4. The SMILES string of the molecule is CC(C)COc1cc(F)ccc1COc1ccnn1-c1cc(C(=O)O)ccn1.O=C(O)c1ccnc(-n2nccc2OCc2ccc(F)c(C(F)(F)F)c2)c1. The van der Waals surface area contributed by atoms with E-state index in [4.69, 9.17) is 24.4 Å². The van der Waals surface area contributed by atoms with Crippen LogP contribution in [0.3, 0.4) is 0 Å². The average molecular weight is 767 g/mol. The minimum absolute atomic E-state index is 0.0187. The second-order valence-electron chi connectivity index (χ2n) is 11.9. The largest absolute Gasteiger partial charge is 0.493 e. The molecule has 0 radical (unpaired) electrons. The van der Waals surface area contributed by atoms with E-state index in [-0.39, 0.29) is 47.4 Å². The zero-order chi connectivity index (χ0) is 39.7. The topological polar surface area (TPSA) is 164 Å². The van der Waals surface area contributed by atoms with Crippen molar-refractivity contribution in [2.24, 2.45) is 5.92 Å². The van der Waals surface area contributed by atoms with Gasteiger partial charge in [-0.25, -0.2) is 28.3 Å². The van der Waals surface area contributed by atoms with Crippen LogP contribution in [0.25, 0.3) is 11.6 Å². The van der Waals surface area contributed by atoms with E-state index in [1.807, 2.05) is 13.8 Å². The molecule has 6 rings (SSSR count). The first kappa shape index (κ1) is 39.4. The number of aromatic carboxylic acids is 2.